The Hall–Kier alpha value is -2.51. The second-order valence-electron chi connectivity index (χ2n) is 5.29. The van der Waals surface area contributed by atoms with Crippen molar-refractivity contribution in [2.45, 2.75) is 12.7 Å². The SMILES string of the molecule is CN1CCN=C1NCc1ccc(-n2ccc(C(F)(F)F)n2)cc1. The van der Waals surface area contributed by atoms with Crippen molar-refractivity contribution in [2.24, 2.45) is 4.99 Å². The molecule has 2 aromatic rings. The molecule has 8 heteroatoms. The molecule has 1 aliphatic heterocycles. The number of nitrogens with one attached hydrogen (secondary N) is 1. The van der Waals surface area contributed by atoms with Crippen LogP contribution < -0.4 is 5.32 Å². The molecular weight excluding hydrogens is 307 g/mol. The quantitative estimate of drug-likeness (QED) is 0.943. The van der Waals surface area contributed by atoms with Crippen LogP contribution in [0.3, 0.4) is 0 Å². The van der Waals surface area contributed by atoms with Gasteiger partial charge < -0.3 is 10.2 Å². The average molecular weight is 323 g/mol. The third kappa shape index (κ3) is 3.46. The Morgan fingerprint density at radius 2 is 1.91 bits per heavy atom. The first-order valence-electron chi connectivity index (χ1n) is 7.15. The van der Waals surface area contributed by atoms with Gasteiger partial charge in [-0.1, -0.05) is 12.1 Å². The van der Waals surface area contributed by atoms with E-state index in [1.54, 1.807) is 12.1 Å². The van der Waals surface area contributed by atoms with Gasteiger partial charge in [0.1, 0.15) is 0 Å². The third-order valence-electron chi connectivity index (χ3n) is 3.59. The summed E-state index contributed by atoms with van der Waals surface area (Å²) in [6, 6.07) is 8.15. The molecule has 1 aromatic heterocycles. The maximum atomic E-state index is 12.6. The smallest absolute Gasteiger partial charge is 0.352 e. The molecule has 1 aliphatic rings. The van der Waals surface area contributed by atoms with Crippen molar-refractivity contribution in [1.29, 1.82) is 0 Å². The lowest BCUT2D eigenvalue weighted by Crippen LogP contribution is -2.35. The molecule has 2 heterocycles. The van der Waals surface area contributed by atoms with E-state index in [-0.39, 0.29) is 0 Å². The molecule has 0 unspecified atom stereocenters. The van der Waals surface area contributed by atoms with Crippen LogP contribution in [0.4, 0.5) is 13.2 Å². The van der Waals surface area contributed by atoms with Crippen LogP contribution in [0.25, 0.3) is 5.69 Å². The second-order valence-corrected chi connectivity index (χ2v) is 5.29. The Labute approximate surface area is 131 Å². The zero-order valence-electron chi connectivity index (χ0n) is 12.5. The first-order valence-corrected chi connectivity index (χ1v) is 7.15. The van der Waals surface area contributed by atoms with Crippen LogP contribution in [0.1, 0.15) is 11.3 Å². The molecule has 0 saturated carbocycles. The normalized spacial score (nSPS) is 15.0. The highest BCUT2D eigenvalue weighted by Gasteiger charge is 2.33. The summed E-state index contributed by atoms with van der Waals surface area (Å²) < 4.78 is 38.9. The predicted molar refractivity (Wildman–Crippen MR) is 80.3 cm³/mol. The van der Waals surface area contributed by atoms with Gasteiger partial charge in [-0.3, -0.25) is 4.99 Å². The number of likely N-dealkylation sites (N-methyl/N-ethyl adjacent to an activating group) is 1. The fraction of sp³-hybridized carbons (Fsp3) is 0.333. The van der Waals surface area contributed by atoms with Gasteiger partial charge in [-0.15, -0.1) is 0 Å². The molecule has 122 valence electrons. The first kappa shape index (κ1) is 15.4. The van der Waals surface area contributed by atoms with Crippen LogP contribution in [0.2, 0.25) is 0 Å². The van der Waals surface area contributed by atoms with Crippen LogP contribution in [0, 0.1) is 0 Å². The number of alkyl halides is 3. The van der Waals surface area contributed by atoms with E-state index in [2.05, 4.69) is 15.4 Å². The minimum absolute atomic E-state index is 0.583. The number of nitrogens with zero attached hydrogens (tertiary/aromatic N) is 4. The Balaban J connectivity index is 1.66. The van der Waals surface area contributed by atoms with Gasteiger partial charge in [0.05, 0.1) is 12.2 Å². The summed E-state index contributed by atoms with van der Waals surface area (Å²) in [4.78, 5) is 6.37. The van der Waals surface area contributed by atoms with Crippen molar-refractivity contribution in [1.82, 2.24) is 20.0 Å². The zero-order valence-corrected chi connectivity index (χ0v) is 12.5. The molecule has 0 saturated heterocycles. The topological polar surface area (TPSA) is 45.5 Å². The number of aromatic nitrogens is 2. The Bertz CT molecular complexity index is 703. The fourth-order valence-electron chi connectivity index (χ4n) is 2.29. The van der Waals surface area contributed by atoms with Crippen LogP contribution in [0.15, 0.2) is 41.5 Å². The zero-order chi connectivity index (χ0) is 16.4. The second kappa shape index (κ2) is 5.94. The molecule has 0 radical (unpaired) electrons. The van der Waals surface area contributed by atoms with Gasteiger partial charge >= 0.3 is 6.18 Å². The van der Waals surface area contributed by atoms with Crippen molar-refractivity contribution in [3.8, 4) is 5.69 Å². The molecule has 0 bridgehead atoms. The maximum Gasteiger partial charge on any atom is 0.435 e. The summed E-state index contributed by atoms with van der Waals surface area (Å²) >= 11 is 0. The summed E-state index contributed by atoms with van der Waals surface area (Å²) in [5.74, 6) is 0.857. The lowest BCUT2D eigenvalue weighted by Gasteiger charge is -2.15. The van der Waals surface area contributed by atoms with Crippen LogP contribution in [-0.2, 0) is 12.7 Å². The Kier molecular flexibility index (Phi) is 3.97. The highest BCUT2D eigenvalue weighted by molar-refractivity contribution is 5.81. The third-order valence-corrected chi connectivity index (χ3v) is 3.59. The van der Waals surface area contributed by atoms with Gasteiger partial charge in [0.15, 0.2) is 11.7 Å². The molecule has 3 rings (SSSR count). The van der Waals surface area contributed by atoms with E-state index in [1.807, 2.05) is 24.1 Å². The number of rotatable bonds is 3. The summed E-state index contributed by atoms with van der Waals surface area (Å²) in [6.45, 7) is 2.30. The predicted octanol–water partition coefficient (Wildman–Crippen LogP) is 2.28. The van der Waals surface area contributed by atoms with Crippen molar-refractivity contribution in [3.05, 3.63) is 47.8 Å². The summed E-state index contributed by atoms with van der Waals surface area (Å²) in [5.41, 5.74) is 0.699. The average Bonchev–Trinajstić information content (AvgIpc) is 3.14. The number of hydrogen-bond donors (Lipinski definition) is 1. The molecule has 0 fully saturated rings. The number of guanidine groups is 1. The van der Waals surface area contributed by atoms with E-state index in [9.17, 15) is 13.2 Å². The van der Waals surface area contributed by atoms with Crippen LogP contribution >= 0.6 is 0 Å². The molecule has 0 atom stereocenters. The van der Waals surface area contributed by atoms with Gasteiger partial charge in [-0.05, 0) is 23.8 Å². The largest absolute Gasteiger partial charge is 0.435 e. The molecule has 23 heavy (non-hydrogen) atoms. The molecule has 0 amide bonds. The minimum atomic E-state index is -4.43. The van der Waals surface area contributed by atoms with E-state index in [0.29, 0.717) is 12.2 Å². The minimum Gasteiger partial charge on any atom is -0.352 e. The fourth-order valence-corrected chi connectivity index (χ4v) is 2.29. The lowest BCUT2D eigenvalue weighted by molar-refractivity contribution is -0.141. The highest BCUT2D eigenvalue weighted by Crippen LogP contribution is 2.27. The van der Waals surface area contributed by atoms with Crippen LogP contribution in [-0.4, -0.2) is 40.8 Å². The van der Waals surface area contributed by atoms with Crippen molar-refractivity contribution >= 4 is 5.96 Å². The van der Waals surface area contributed by atoms with Gasteiger partial charge in [0, 0.05) is 26.3 Å². The maximum absolute atomic E-state index is 12.6. The summed E-state index contributed by atoms with van der Waals surface area (Å²) in [6.07, 6.45) is -3.12. The van der Waals surface area contributed by atoms with E-state index in [0.717, 1.165) is 30.7 Å². The molecule has 5 nitrogen and oxygen atoms in total. The van der Waals surface area contributed by atoms with E-state index in [1.165, 1.54) is 10.9 Å². The van der Waals surface area contributed by atoms with Crippen molar-refractivity contribution < 1.29 is 13.2 Å². The van der Waals surface area contributed by atoms with E-state index < -0.39 is 11.9 Å². The Morgan fingerprint density at radius 3 is 2.48 bits per heavy atom. The van der Waals surface area contributed by atoms with Gasteiger partial charge in [-0.25, -0.2) is 4.68 Å². The summed E-state index contributed by atoms with van der Waals surface area (Å²) in [7, 11) is 1.97. The number of aliphatic imine (C=N–C) groups is 1. The van der Waals surface area contributed by atoms with E-state index >= 15 is 0 Å². The van der Waals surface area contributed by atoms with Crippen molar-refractivity contribution in [2.75, 3.05) is 20.1 Å². The van der Waals surface area contributed by atoms with E-state index in [4.69, 9.17) is 0 Å². The number of hydrogen-bond acceptors (Lipinski definition) is 4. The summed E-state index contributed by atoms with van der Waals surface area (Å²) in [5, 5.41) is 6.79. The van der Waals surface area contributed by atoms with Gasteiger partial charge in [0.25, 0.3) is 0 Å². The molecular formula is C15H16F3N5. The Morgan fingerprint density at radius 1 is 1.17 bits per heavy atom. The number of halogens is 3. The van der Waals surface area contributed by atoms with Gasteiger partial charge in [0.2, 0.25) is 0 Å². The molecule has 0 aliphatic carbocycles. The van der Waals surface area contributed by atoms with Gasteiger partial charge in [-0.2, -0.15) is 18.3 Å². The first-order chi connectivity index (χ1) is 10.9. The molecule has 1 aromatic carbocycles. The monoisotopic (exact) mass is 323 g/mol. The standard InChI is InChI=1S/C15H16F3N5/c1-22-9-7-19-14(22)20-10-11-2-4-12(5-3-11)23-8-6-13(21-23)15(16,17)18/h2-6,8H,7,9-10H2,1H3,(H,19,20). The van der Waals surface area contributed by atoms with Crippen molar-refractivity contribution in [3.63, 3.8) is 0 Å². The molecule has 1 N–H and O–H groups in total. The number of benzene rings is 1. The lowest BCUT2D eigenvalue weighted by atomic mass is 10.2. The highest BCUT2D eigenvalue weighted by atomic mass is 19.4. The molecule has 0 spiro atoms. The van der Waals surface area contributed by atoms with Crippen LogP contribution in [0.5, 0.6) is 0 Å².